The quantitative estimate of drug-likeness (QED) is 0.636. The predicted molar refractivity (Wildman–Crippen MR) is 52.6 cm³/mol. The summed E-state index contributed by atoms with van der Waals surface area (Å²) in [5.74, 6) is 0.0868. The van der Waals surface area contributed by atoms with E-state index in [0.29, 0.717) is 0 Å². The Morgan fingerprint density at radius 3 is 2.46 bits per heavy atom. The number of nitrogens with zero attached hydrogens (tertiary/aromatic N) is 1. The first kappa shape index (κ1) is 8.05. The number of anilines is 1. The predicted octanol–water partition coefficient (Wildman–Crippen LogP) is 1.98. The van der Waals surface area contributed by atoms with Gasteiger partial charge in [-0.15, -0.1) is 0 Å². The molecule has 1 aliphatic heterocycles. The summed E-state index contributed by atoms with van der Waals surface area (Å²) in [5, 5.41) is 0. The molecule has 2 heteroatoms. The van der Waals surface area contributed by atoms with Gasteiger partial charge in [0, 0.05) is 18.3 Å². The second kappa shape index (κ2) is 3.05. The highest BCUT2D eigenvalue weighted by molar-refractivity contribution is 6.04. The molecule has 1 aliphatic rings. The van der Waals surface area contributed by atoms with Gasteiger partial charge in [0.2, 0.25) is 0 Å². The van der Waals surface area contributed by atoms with Crippen molar-refractivity contribution in [2.75, 3.05) is 11.4 Å². The molecule has 0 fully saturated rings. The van der Waals surface area contributed by atoms with E-state index in [1.165, 1.54) is 0 Å². The number of carbonyl (C=O) groups excluding carboxylic acids is 1. The molecule has 2 nitrogen and oxygen atoms in total. The average molecular weight is 173 g/mol. The lowest BCUT2D eigenvalue weighted by molar-refractivity contribution is -0.113. The molecule has 66 valence electrons. The monoisotopic (exact) mass is 173 g/mol. The molecule has 0 N–H and O–H groups in total. The number of hydrogen-bond acceptors (Lipinski definition) is 1. The number of amides is 1. The maximum atomic E-state index is 11.4. The Morgan fingerprint density at radius 1 is 1.23 bits per heavy atom. The van der Waals surface area contributed by atoms with Crippen LogP contribution in [-0.2, 0) is 4.79 Å². The molecule has 0 atom stereocenters. The average Bonchev–Trinajstić information content (AvgIpc) is 2.47. The minimum atomic E-state index is 0.0868. The van der Waals surface area contributed by atoms with Gasteiger partial charge in [-0.3, -0.25) is 4.79 Å². The molecule has 0 unspecified atom stereocenters. The van der Waals surface area contributed by atoms with Crippen molar-refractivity contribution in [3.8, 4) is 0 Å². The van der Waals surface area contributed by atoms with Gasteiger partial charge in [0.05, 0.1) is 0 Å². The molecule has 0 aliphatic carbocycles. The molecule has 0 saturated carbocycles. The number of carbonyl (C=O) groups is 1. The first-order chi connectivity index (χ1) is 6.27. The molecule has 0 radical (unpaired) electrons. The van der Waals surface area contributed by atoms with E-state index in [9.17, 15) is 4.79 Å². The summed E-state index contributed by atoms with van der Waals surface area (Å²) >= 11 is 0. The van der Waals surface area contributed by atoms with Crippen molar-refractivity contribution in [3.63, 3.8) is 0 Å². The van der Waals surface area contributed by atoms with Crippen LogP contribution in [0.3, 0.4) is 0 Å². The van der Waals surface area contributed by atoms with Gasteiger partial charge in [-0.1, -0.05) is 18.2 Å². The van der Waals surface area contributed by atoms with Gasteiger partial charge in [-0.25, -0.2) is 0 Å². The third-order valence-corrected chi connectivity index (χ3v) is 2.11. The fraction of sp³-hybridized carbons (Fsp3) is 0.182. The summed E-state index contributed by atoms with van der Waals surface area (Å²) in [4.78, 5) is 13.2. The largest absolute Gasteiger partial charge is 0.305 e. The summed E-state index contributed by atoms with van der Waals surface area (Å²) in [7, 11) is 0. The smallest absolute Gasteiger partial charge is 0.251 e. The van der Waals surface area contributed by atoms with Crippen LogP contribution in [0.4, 0.5) is 5.69 Å². The lowest BCUT2D eigenvalue weighted by Gasteiger charge is -2.15. The van der Waals surface area contributed by atoms with E-state index in [1.807, 2.05) is 37.3 Å². The lowest BCUT2D eigenvalue weighted by Crippen LogP contribution is -2.24. The van der Waals surface area contributed by atoms with Crippen molar-refractivity contribution < 1.29 is 4.79 Å². The Morgan fingerprint density at radius 2 is 1.92 bits per heavy atom. The first-order valence-electron chi connectivity index (χ1n) is 4.31. The van der Waals surface area contributed by atoms with Gasteiger partial charge >= 0.3 is 0 Å². The van der Waals surface area contributed by atoms with Crippen molar-refractivity contribution in [1.29, 1.82) is 0 Å². The highest BCUT2D eigenvalue weighted by Crippen LogP contribution is 2.19. The highest BCUT2D eigenvalue weighted by Gasteiger charge is 2.19. The topological polar surface area (TPSA) is 20.3 Å². The van der Waals surface area contributed by atoms with Gasteiger partial charge < -0.3 is 4.90 Å². The summed E-state index contributed by atoms with van der Waals surface area (Å²) in [6, 6.07) is 9.73. The van der Waals surface area contributed by atoms with Crippen molar-refractivity contribution in [2.24, 2.45) is 0 Å². The third-order valence-electron chi connectivity index (χ3n) is 2.11. The molecular formula is C11H11NO. The Labute approximate surface area is 77.5 Å². The van der Waals surface area contributed by atoms with Gasteiger partial charge in [0.25, 0.3) is 5.91 Å². The van der Waals surface area contributed by atoms with Crippen molar-refractivity contribution >= 4 is 11.6 Å². The fourth-order valence-electron chi connectivity index (χ4n) is 1.49. The van der Waals surface area contributed by atoms with Crippen LogP contribution in [-0.4, -0.2) is 12.5 Å². The second-order valence-electron chi connectivity index (χ2n) is 3.25. The van der Waals surface area contributed by atoms with Crippen LogP contribution in [0.2, 0.25) is 0 Å². The van der Waals surface area contributed by atoms with Crippen molar-refractivity contribution in [3.05, 3.63) is 42.0 Å². The number of para-hydroxylation sites is 1. The summed E-state index contributed by atoms with van der Waals surface area (Å²) in [6.07, 6.45) is 1.69. The molecular weight excluding hydrogens is 162 g/mol. The van der Waals surface area contributed by atoms with Crippen LogP contribution in [0.15, 0.2) is 42.0 Å². The normalized spacial score (nSPS) is 16.2. The Kier molecular flexibility index (Phi) is 1.89. The van der Waals surface area contributed by atoms with E-state index in [-0.39, 0.29) is 5.91 Å². The van der Waals surface area contributed by atoms with Crippen molar-refractivity contribution in [2.45, 2.75) is 6.92 Å². The van der Waals surface area contributed by atoms with Gasteiger partial charge in [-0.05, 0) is 24.6 Å². The SMILES string of the molecule is CC1=CC(=O)N(c2ccccc2)C1. The van der Waals surface area contributed by atoms with Crippen LogP contribution in [0.1, 0.15) is 6.92 Å². The van der Waals surface area contributed by atoms with Gasteiger partial charge in [0.15, 0.2) is 0 Å². The molecule has 0 bridgehead atoms. The lowest BCUT2D eigenvalue weighted by atomic mass is 10.3. The summed E-state index contributed by atoms with van der Waals surface area (Å²) in [5.41, 5.74) is 2.09. The second-order valence-corrected chi connectivity index (χ2v) is 3.25. The van der Waals surface area contributed by atoms with Crippen molar-refractivity contribution in [1.82, 2.24) is 0 Å². The number of benzene rings is 1. The maximum Gasteiger partial charge on any atom is 0.251 e. The molecule has 2 rings (SSSR count). The standard InChI is InChI=1S/C11H11NO/c1-9-7-11(13)12(8-9)10-5-3-2-4-6-10/h2-7H,8H2,1H3. The van der Waals surface area contributed by atoms with E-state index in [0.717, 1.165) is 17.8 Å². The zero-order chi connectivity index (χ0) is 9.26. The molecule has 13 heavy (non-hydrogen) atoms. The van der Waals surface area contributed by atoms with Crippen LogP contribution < -0.4 is 4.90 Å². The zero-order valence-corrected chi connectivity index (χ0v) is 7.53. The van der Waals surface area contributed by atoms with E-state index < -0.39 is 0 Å². The van der Waals surface area contributed by atoms with Crippen LogP contribution >= 0.6 is 0 Å². The molecule has 1 aromatic carbocycles. The van der Waals surface area contributed by atoms with Crippen LogP contribution in [0.5, 0.6) is 0 Å². The molecule has 1 heterocycles. The fourth-order valence-corrected chi connectivity index (χ4v) is 1.49. The Bertz CT molecular complexity index is 354. The highest BCUT2D eigenvalue weighted by atomic mass is 16.2. The first-order valence-corrected chi connectivity index (χ1v) is 4.31. The van der Waals surface area contributed by atoms with Crippen LogP contribution in [0, 0.1) is 0 Å². The Balaban J connectivity index is 2.26. The molecule has 1 aromatic rings. The molecule has 0 spiro atoms. The van der Waals surface area contributed by atoms with Crippen LogP contribution in [0.25, 0.3) is 0 Å². The van der Waals surface area contributed by atoms with E-state index in [4.69, 9.17) is 0 Å². The Hall–Kier alpha value is -1.57. The summed E-state index contributed by atoms with van der Waals surface area (Å²) in [6.45, 7) is 2.70. The van der Waals surface area contributed by atoms with E-state index in [2.05, 4.69) is 0 Å². The number of hydrogen-bond donors (Lipinski definition) is 0. The van der Waals surface area contributed by atoms with Gasteiger partial charge in [-0.2, -0.15) is 0 Å². The third kappa shape index (κ3) is 1.47. The minimum absolute atomic E-state index is 0.0868. The minimum Gasteiger partial charge on any atom is -0.305 e. The summed E-state index contributed by atoms with van der Waals surface area (Å²) < 4.78 is 0. The maximum absolute atomic E-state index is 11.4. The van der Waals surface area contributed by atoms with E-state index >= 15 is 0 Å². The zero-order valence-electron chi connectivity index (χ0n) is 7.53. The van der Waals surface area contributed by atoms with Gasteiger partial charge in [0.1, 0.15) is 0 Å². The number of rotatable bonds is 1. The molecule has 1 amide bonds. The molecule has 0 saturated heterocycles. The molecule has 0 aromatic heterocycles. The van der Waals surface area contributed by atoms with E-state index in [1.54, 1.807) is 11.0 Å².